The summed E-state index contributed by atoms with van der Waals surface area (Å²) in [5, 5.41) is 6.33. The number of rotatable bonds is 3. The molecule has 2 rings (SSSR count). The Morgan fingerprint density at radius 3 is 2.81 bits per heavy atom. The molecule has 2 heterocycles. The lowest BCUT2D eigenvalue weighted by Gasteiger charge is -2.18. The molecule has 2 aromatic heterocycles. The monoisotopic (exact) mass is 237 g/mol. The normalized spacial score (nSPS) is 10.7. The number of anilines is 2. The maximum Gasteiger partial charge on any atom is 0.150 e. The van der Waals surface area contributed by atoms with Crippen LogP contribution < -0.4 is 10.6 Å². The molecule has 0 spiro atoms. The molecule has 0 aliphatic carbocycles. The van der Waals surface area contributed by atoms with Crippen LogP contribution in [-0.4, -0.2) is 21.8 Å². The SMILES string of the molecule is Cc1nn(C)c(N(C)Cc2cscn2)c1N. The van der Waals surface area contributed by atoms with Crippen molar-refractivity contribution in [2.75, 3.05) is 17.7 Å². The molecule has 16 heavy (non-hydrogen) atoms. The van der Waals surface area contributed by atoms with E-state index in [2.05, 4.69) is 15.0 Å². The standard InChI is InChI=1S/C10H15N5S/c1-7-9(11)10(15(3)13-7)14(2)4-8-5-16-6-12-8/h5-6H,4,11H2,1-3H3. The Morgan fingerprint density at radius 2 is 2.31 bits per heavy atom. The van der Waals surface area contributed by atoms with Gasteiger partial charge in [0, 0.05) is 19.5 Å². The summed E-state index contributed by atoms with van der Waals surface area (Å²) < 4.78 is 1.80. The smallest absolute Gasteiger partial charge is 0.150 e. The summed E-state index contributed by atoms with van der Waals surface area (Å²) >= 11 is 1.60. The van der Waals surface area contributed by atoms with Crippen LogP contribution in [-0.2, 0) is 13.6 Å². The van der Waals surface area contributed by atoms with Gasteiger partial charge in [-0.05, 0) is 6.92 Å². The van der Waals surface area contributed by atoms with Crippen LogP contribution in [0.4, 0.5) is 11.5 Å². The number of aromatic nitrogens is 3. The van der Waals surface area contributed by atoms with E-state index in [1.54, 1.807) is 16.0 Å². The van der Waals surface area contributed by atoms with Gasteiger partial charge in [-0.1, -0.05) is 0 Å². The number of nitrogens with two attached hydrogens (primary N) is 1. The van der Waals surface area contributed by atoms with E-state index in [0.717, 1.165) is 29.4 Å². The zero-order chi connectivity index (χ0) is 11.7. The summed E-state index contributed by atoms with van der Waals surface area (Å²) in [7, 11) is 3.89. The van der Waals surface area contributed by atoms with Crippen LogP contribution in [0.1, 0.15) is 11.4 Å². The van der Waals surface area contributed by atoms with Gasteiger partial charge in [0.25, 0.3) is 0 Å². The Morgan fingerprint density at radius 1 is 1.56 bits per heavy atom. The highest BCUT2D eigenvalue weighted by Crippen LogP contribution is 2.25. The average Bonchev–Trinajstić information content (AvgIpc) is 2.77. The van der Waals surface area contributed by atoms with Gasteiger partial charge in [-0.3, -0.25) is 4.68 Å². The molecule has 0 atom stereocenters. The van der Waals surface area contributed by atoms with Crippen LogP contribution in [0.3, 0.4) is 0 Å². The fraction of sp³-hybridized carbons (Fsp3) is 0.400. The van der Waals surface area contributed by atoms with Gasteiger partial charge in [0.2, 0.25) is 0 Å². The Balaban J connectivity index is 2.24. The molecule has 2 aromatic rings. The zero-order valence-electron chi connectivity index (χ0n) is 9.64. The molecule has 0 saturated heterocycles. The number of thiazole rings is 1. The lowest BCUT2D eigenvalue weighted by atomic mass is 10.3. The molecular weight excluding hydrogens is 222 g/mol. The van der Waals surface area contributed by atoms with E-state index in [-0.39, 0.29) is 0 Å². The second-order valence-electron chi connectivity index (χ2n) is 3.78. The van der Waals surface area contributed by atoms with Crippen molar-refractivity contribution in [1.29, 1.82) is 0 Å². The fourth-order valence-corrected chi connectivity index (χ4v) is 2.30. The minimum Gasteiger partial charge on any atom is -0.394 e. The van der Waals surface area contributed by atoms with Crippen molar-refractivity contribution in [3.05, 3.63) is 22.3 Å². The molecule has 0 radical (unpaired) electrons. The van der Waals surface area contributed by atoms with Gasteiger partial charge in [-0.25, -0.2) is 4.98 Å². The first kappa shape index (κ1) is 10.9. The Kier molecular flexibility index (Phi) is 2.82. The number of aryl methyl sites for hydroxylation is 2. The molecule has 0 aliphatic heterocycles. The maximum absolute atomic E-state index is 5.99. The van der Waals surface area contributed by atoms with Gasteiger partial charge in [-0.2, -0.15) is 5.10 Å². The van der Waals surface area contributed by atoms with Crippen LogP contribution in [0.25, 0.3) is 0 Å². The van der Waals surface area contributed by atoms with E-state index < -0.39 is 0 Å². The quantitative estimate of drug-likeness (QED) is 0.876. The molecule has 0 bridgehead atoms. The molecule has 2 N–H and O–H groups in total. The van der Waals surface area contributed by atoms with Crippen LogP contribution >= 0.6 is 11.3 Å². The highest BCUT2D eigenvalue weighted by Gasteiger charge is 2.14. The summed E-state index contributed by atoms with van der Waals surface area (Å²) in [4.78, 5) is 6.31. The lowest BCUT2D eigenvalue weighted by Crippen LogP contribution is -2.20. The summed E-state index contributed by atoms with van der Waals surface area (Å²) in [5.74, 6) is 0.936. The molecule has 0 fully saturated rings. The Labute approximate surface area is 98.5 Å². The van der Waals surface area contributed by atoms with Gasteiger partial charge >= 0.3 is 0 Å². The van der Waals surface area contributed by atoms with E-state index in [1.165, 1.54) is 0 Å². The number of hydrogen-bond donors (Lipinski definition) is 1. The summed E-state index contributed by atoms with van der Waals surface area (Å²) in [5.41, 5.74) is 10.5. The van der Waals surface area contributed by atoms with Crippen molar-refractivity contribution in [2.45, 2.75) is 13.5 Å². The molecular formula is C10H15N5S. The molecule has 0 aromatic carbocycles. The van der Waals surface area contributed by atoms with Crippen molar-refractivity contribution in [3.8, 4) is 0 Å². The minimum atomic E-state index is 0.736. The van der Waals surface area contributed by atoms with E-state index in [9.17, 15) is 0 Å². The van der Waals surface area contributed by atoms with Gasteiger partial charge < -0.3 is 10.6 Å². The zero-order valence-corrected chi connectivity index (χ0v) is 10.5. The van der Waals surface area contributed by atoms with Crippen molar-refractivity contribution in [2.24, 2.45) is 7.05 Å². The number of nitrogens with zero attached hydrogens (tertiary/aromatic N) is 4. The van der Waals surface area contributed by atoms with Crippen LogP contribution in [0, 0.1) is 6.92 Å². The van der Waals surface area contributed by atoms with E-state index in [0.29, 0.717) is 0 Å². The highest BCUT2D eigenvalue weighted by atomic mass is 32.1. The van der Waals surface area contributed by atoms with Crippen LogP contribution in [0.2, 0.25) is 0 Å². The van der Waals surface area contributed by atoms with Crippen molar-refractivity contribution in [3.63, 3.8) is 0 Å². The third-order valence-electron chi connectivity index (χ3n) is 2.48. The lowest BCUT2D eigenvalue weighted by molar-refractivity contribution is 0.724. The van der Waals surface area contributed by atoms with Crippen molar-refractivity contribution >= 4 is 22.8 Å². The van der Waals surface area contributed by atoms with E-state index in [1.807, 2.05) is 31.9 Å². The third kappa shape index (κ3) is 1.88. The van der Waals surface area contributed by atoms with Gasteiger partial charge in [-0.15, -0.1) is 11.3 Å². The van der Waals surface area contributed by atoms with Crippen molar-refractivity contribution < 1.29 is 0 Å². The molecule has 0 aliphatic rings. The predicted octanol–water partition coefficient (Wildman–Crippen LogP) is 1.40. The molecule has 5 nitrogen and oxygen atoms in total. The molecule has 86 valence electrons. The van der Waals surface area contributed by atoms with E-state index in [4.69, 9.17) is 5.73 Å². The second kappa shape index (κ2) is 4.13. The number of hydrogen-bond acceptors (Lipinski definition) is 5. The average molecular weight is 237 g/mol. The van der Waals surface area contributed by atoms with Gasteiger partial charge in [0.05, 0.1) is 29.1 Å². The Bertz CT molecular complexity index is 474. The number of nitrogen functional groups attached to an aromatic ring is 1. The summed E-state index contributed by atoms with van der Waals surface area (Å²) in [6, 6.07) is 0. The first-order valence-corrected chi connectivity index (χ1v) is 5.91. The topological polar surface area (TPSA) is 60.0 Å². The largest absolute Gasteiger partial charge is 0.394 e. The first-order chi connectivity index (χ1) is 7.59. The third-order valence-corrected chi connectivity index (χ3v) is 3.12. The Hall–Kier alpha value is -1.56. The molecule has 6 heteroatoms. The summed E-state index contributed by atoms with van der Waals surface area (Å²) in [6.45, 7) is 2.65. The second-order valence-corrected chi connectivity index (χ2v) is 4.50. The molecule has 0 amide bonds. The molecule has 0 unspecified atom stereocenters. The fourth-order valence-electron chi connectivity index (χ4n) is 1.75. The van der Waals surface area contributed by atoms with Crippen LogP contribution in [0.15, 0.2) is 10.9 Å². The van der Waals surface area contributed by atoms with Crippen molar-refractivity contribution in [1.82, 2.24) is 14.8 Å². The predicted molar refractivity (Wildman–Crippen MR) is 66.6 cm³/mol. The first-order valence-electron chi connectivity index (χ1n) is 4.97. The molecule has 0 saturated carbocycles. The minimum absolute atomic E-state index is 0.736. The highest BCUT2D eigenvalue weighted by molar-refractivity contribution is 7.07. The summed E-state index contributed by atoms with van der Waals surface area (Å²) in [6.07, 6.45) is 0. The van der Waals surface area contributed by atoms with Gasteiger partial charge in [0.1, 0.15) is 5.82 Å². The van der Waals surface area contributed by atoms with E-state index >= 15 is 0 Å². The maximum atomic E-state index is 5.99. The van der Waals surface area contributed by atoms with Crippen LogP contribution in [0.5, 0.6) is 0 Å². The van der Waals surface area contributed by atoms with Gasteiger partial charge in [0.15, 0.2) is 0 Å².